The van der Waals surface area contributed by atoms with Crippen molar-refractivity contribution >= 4 is 17.5 Å². The minimum Gasteiger partial charge on any atom is -0.326 e. The molecule has 1 saturated heterocycles. The molecule has 28 heavy (non-hydrogen) atoms. The number of likely N-dealkylation sites (tertiary alicyclic amines) is 1. The van der Waals surface area contributed by atoms with E-state index in [4.69, 9.17) is 5.26 Å². The standard InChI is InChI=1S/C19H21F3N4O2/c20-14-7-16(22)17(8-15(14)21)25-19(28)11-3-4-12(6-11)24-10-18(27)26-5-1-2-13(26)9-23/h7-8,11-13,24H,1-6,10H2,(H,25,28)/t11-,12-,13-/m0/s1. The number of benzene rings is 1. The molecule has 2 amide bonds. The largest absolute Gasteiger partial charge is 0.326 e. The van der Waals surface area contributed by atoms with Crippen LogP contribution in [0, 0.1) is 34.7 Å². The number of halogens is 3. The number of nitrogens with zero attached hydrogens (tertiary/aromatic N) is 2. The van der Waals surface area contributed by atoms with E-state index in [0.29, 0.717) is 44.4 Å². The number of anilines is 1. The summed E-state index contributed by atoms with van der Waals surface area (Å²) in [6.45, 7) is 0.670. The van der Waals surface area contributed by atoms with Crippen LogP contribution in [0.15, 0.2) is 12.1 Å². The van der Waals surface area contributed by atoms with Crippen molar-refractivity contribution in [3.8, 4) is 6.07 Å². The molecule has 0 spiro atoms. The van der Waals surface area contributed by atoms with E-state index in [-0.39, 0.29) is 24.5 Å². The Bertz CT molecular complexity index is 811. The van der Waals surface area contributed by atoms with E-state index in [1.165, 1.54) is 0 Å². The smallest absolute Gasteiger partial charge is 0.237 e. The van der Waals surface area contributed by atoms with E-state index in [1.807, 2.05) is 0 Å². The molecule has 0 unspecified atom stereocenters. The van der Waals surface area contributed by atoms with Crippen LogP contribution in [0.1, 0.15) is 32.1 Å². The molecule has 3 rings (SSSR count). The van der Waals surface area contributed by atoms with Crippen molar-refractivity contribution in [2.45, 2.75) is 44.2 Å². The second-order valence-corrected chi connectivity index (χ2v) is 7.20. The normalized spacial score (nSPS) is 24.2. The highest BCUT2D eigenvalue weighted by Gasteiger charge is 2.32. The Labute approximate surface area is 160 Å². The van der Waals surface area contributed by atoms with Crippen molar-refractivity contribution in [2.75, 3.05) is 18.4 Å². The van der Waals surface area contributed by atoms with Crippen LogP contribution in [0.2, 0.25) is 0 Å². The number of hydrogen-bond donors (Lipinski definition) is 2. The molecule has 2 N–H and O–H groups in total. The van der Waals surface area contributed by atoms with Crippen LogP contribution in [0.3, 0.4) is 0 Å². The summed E-state index contributed by atoms with van der Waals surface area (Å²) in [6, 6.07) is 2.70. The first-order chi connectivity index (χ1) is 13.4. The monoisotopic (exact) mass is 394 g/mol. The highest BCUT2D eigenvalue weighted by Crippen LogP contribution is 2.28. The molecule has 2 fully saturated rings. The molecular weight excluding hydrogens is 373 g/mol. The molecule has 1 heterocycles. The molecular formula is C19H21F3N4O2. The molecule has 1 aliphatic carbocycles. The lowest BCUT2D eigenvalue weighted by Crippen LogP contribution is -2.43. The van der Waals surface area contributed by atoms with Crippen LogP contribution in [0.4, 0.5) is 18.9 Å². The number of nitriles is 1. The van der Waals surface area contributed by atoms with Crippen LogP contribution in [-0.2, 0) is 9.59 Å². The molecule has 0 bridgehead atoms. The topological polar surface area (TPSA) is 85.2 Å². The summed E-state index contributed by atoms with van der Waals surface area (Å²) in [7, 11) is 0. The summed E-state index contributed by atoms with van der Waals surface area (Å²) in [6.07, 6.45) is 3.15. The first-order valence-corrected chi connectivity index (χ1v) is 9.27. The van der Waals surface area contributed by atoms with Gasteiger partial charge in [0.05, 0.1) is 18.3 Å². The number of nitrogens with one attached hydrogen (secondary N) is 2. The van der Waals surface area contributed by atoms with E-state index in [0.717, 1.165) is 6.42 Å². The van der Waals surface area contributed by atoms with E-state index >= 15 is 0 Å². The van der Waals surface area contributed by atoms with Gasteiger partial charge in [-0.05, 0) is 32.1 Å². The maximum Gasteiger partial charge on any atom is 0.237 e. The SMILES string of the molecule is N#C[C@@H]1CCCN1C(=O)CN[C@H]1CC[C@H](C(=O)Nc2cc(F)c(F)cc2F)C1. The Morgan fingerprint density at radius 3 is 2.64 bits per heavy atom. The van der Waals surface area contributed by atoms with Crippen LogP contribution < -0.4 is 10.6 Å². The average molecular weight is 394 g/mol. The van der Waals surface area contributed by atoms with Gasteiger partial charge in [-0.3, -0.25) is 9.59 Å². The number of carbonyl (C=O) groups is 2. The fraction of sp³-hybridized carbons (Fsp3) is 0.526. The van der Waals surface area contributed by atoms with Crippen LogP contribution in [-0.4, -0.2) is 41.9 Å². The Kier molecular flexibility index (Phi) is 6.19. The maximum absolute atomic E-state index is 13.7. The molecule has 0 radical (unpaired) electrons. The molecule has 1 aliphatic heterocycles. The molecule has 3 atom stereocenters. The minimum absolute atomic E-state index is 0.0577. The Balaban J connectivity index is 1.48. The van der Waals surface area contributed by atoms with Crippen molar-refractivity contribution < 1.29 is 22.8 Å². The van der Waals surface area contributed by atoms with Crippen molar-refractivity contribution in [1.29, 1.82) is 5.26 Å². The predicted octanol–water partition coefficient (Wildman–Crippen LogP) is 2.32. The third kappa shape index (κ3) is 4.44. The highest BCUT2D eigenvalue weighted by molar-refractivity contribution is 5.92. The fourth-order valence-corrected chi connectivity index (χ4v) is 3.79. The van der Waals surface area contributed by atoms with Gasteiger partial charge in [-0.2, -0.15) is 5.26 Å². The van der Waals surface area contributed by atoms with Gasteiger partial charge in [-0.1, -0.05) is 0 Å². The van der Waals surface area contributed by atoms with E-state index in [2.05, 4.69) is 16.7 Å². The van der Waals surface area contributed by atoms with Crippen molar-refractivity contribution in [3.05, 3.63) is 29.6 Å². The third-order valence-electron chi connectivity index (χ3n) is 5.34. The van der Waals surface area contributed by atoms with Gasteiger partial charge in [0.15, 0.2) is 11.6 Å². The van der Waals surface area contributed by atoms with E-state index < -0.39 is 35.0 Å². The molecule has 150 valence electrons. The lowest BCUT2D eigenvalue weighted by molar-refractivity contribution is -0.130. The second kappa shape index (κ2) is 8.61. The number of amides is 2. The van der Waals surface area contributed by atoms with Crippen LogP contribution in [0.5, 0.6) is 0 Å². The summed E-state index contributed by atoms with van der Waals surface area (Å²) >= 11 is 0. The number of hydrogen-bond acceptors (Lipinski definition) is 4. The van der Waals surface area contributed by atoms with Gasteiger partial charge in [0.2, 0.25) is 11.8 Å². The first-order valence-electron chi connectivity index (χ1n) is 9.27. The lowest BCUT2D eigenvalue weighted by atomic mass is 10.1. The highest BCUT2D eigenvalue weighted by atomic mass is 19.2. The van der Waals surface area contributed by atoms with Gasteiger partial charge < -0.3 is 15.5 Å². The van der Waals surface area contributed by atoms with Gasteiger partial charge in [0.1, 0.15) is 11.9 Å². The van der Waals surface area contributed by atoms with Crippen molar-refractivity contribution in [2.24, 2.45) is 5.92 Å². The van der Waals surface area contributed by atoms with Gasteiger partial charge in [0, 0.05) is 30.6 Å². The number of rotatable bonds is 5. The lowest BCUT2D eigenvalue weighted by Gasteiger charge is -2.21. The molecule has 1 saturated carbocycles. The average Bonchev–Trinajstić information content (AvgIpc) is 3.33. The number of carbonyl (C=O) groups excluding carboxylic acids is 2. The predicted molar refractivity (Wildman–Crippen MR) is 94.4 cm³/mol. The Morgan fingerprint density at radius 2 is 1.89 bits per heavy atom. The Hall–Kier alpha value is -2.60. The fourth-order valence-electron chi connectivity index (χ4n) is 3.79. The van der Waals surface area contributed by atoms with Crippen molar-refractivity contribution in [3.63, 3.8) is 0 Å². The third-order valence-corrected chi connectivity index (χ3v) is 5.34. The molecule has 0 aromatic heterocycles. The summed E-state index contributed by atoms with van der Waals surface area (Å²) in [5.41, 5.74) is -0.396. The molecule has 1 aromatic rings. The van der Waals surface area contributed by atoms with E-state index in [1.54, 1.807) is 4.90 Å². The summed E-state index contributed by atoms with van der Waals surface area (Å²) < 4.78 is 39.9. The van der Waals surface area contributed by atoms with E-state index in [9.17, 15) is 22.8 Å². The van der Waals surface area contributed by atoms with Crippen LogP contribution >= 0.6 is 0 Å². The summed E-state index contributed by atoms with van der Waals surface area (Å²) in [5.74, 6) is -4.62. The van der Waals surface area contributed by atoms with Gasteiger partial charge in [0.25, 0.3) is 0 Å². The Morgan fingerprint density at radius 1 is 1.14 bits per heavy atom. The van der Waals surface area contributed by atoms with Gasteiger partial charge in [-0.15, -0.1) is 0 Å². The molecule has 6 nitrogen and oxygen atoms in total. The quantitative estimate of drug-likeness (QED) is 0.751. The molecule has 2 aliphatic rings. The summed E-state index contributed by atoms with van der Waals surface area (Å²) in [4.78, 5) is 26.1. The van der Waals surface area contributed by atoms with Crippen LogP contribution in [0.25, 0.3) is 0 Å². The molecule has 1 aromatic carbocycles. The van der Waals surface area contributed by atoms with Gasteiger partial charge >= 0.3 is 0 Å². The first kappa shape index (κ1) is 20.1. The summed E-state index contributed by atoms with van der Waals surface area (Å²) in [5, 5.41) is 14.5. The zero-order valence-electron chi connectivity index (χ0n) is 15.2. The molecule has 9 heteroatoms. The minimum atomic E-state index is -1.32. The van der Waals surface area contributed by atoms with Crippen molar-refractivity contribution in [1.82, 2.24) is 10.2 Å². The zero-order chi connectivity index (χ0) is 20.3. The maximum atomic E-state index is 13.7. The second-order valence-electron chi connectivity index (χ2n) is 7.20. The zero-order valence-corrected chi connectivity index (χ0v) is 15.2. The van der Waals surface area contributed by atoms with Gasteiger partial charge in [-0.25, -0.2) is 13.2 Å².